The van der Waals surface area contributed by atoms with Crippen molar-refractivity contribution >= 4 is 16.7 Å². The van der Waals surface area contributed by atoms with Crippen LogP contribution < -0.4 is 20.9 Å². The minimum absolute atomic E-state index is 0.0683. The highest BCUT2D eigenvalue weighted by Gasteiger charge is 2.27. The van der Waals surface area contributed by atoms with E-state index in [0.717, 1.165) is 79.6 Å². The third kappa shape index (κ3) is 4.88. The molecule has 0 bridgehead atoms. The van der Waals surface area contributed by atoms with Gasteiger partial charge in [0.2, 0.25) is 5.88 Å². The van der Waals surface area contributed by atoms with Crippen LogP contribution in [-0.4, -0.2) is 55.8 Å². The quantitative estimate of drug-likeness (QED) is 0.401. The zero-order chi connectivity index (χ0) is 26.1. The molecule has 10 heteroatoms. The van der Waals surface area contributed by atoms with E-state index in [9.17, 15) is 4.79 Å². The fourth-order valence-electron chi connectivity index (χ4n) is 5.69. The molecule has 5 heterocycles. The summed E-state index contributed by atoms with van der Waals surface area (Å²) in [6.45, 7) is 2.11. The van der Waals surface area contributed by atoms with Gasteiger partial charge in [-0.1, -0.05) is 0 Å². The van der Waals surface area contributed by atoms with Gasteiger partial charge in [0.15, 0.2) is 0 Å². The van der Waals surface area contributed by atoms with Crippen molar-refractivity contribution in [2.45, 2.75) is 56.6 Å². The van der Waals surface area contributed by atoms with Crippen LogP contribution in [0.25, 0.3) is 22.2 Å². The van der Waals surface area contributed by atoms with Crippen LogP contribution in [-0.2, 0) is 7.05 Å². The molecule has 1 aliphatic carbocycles. The van der Waals surface area contributed by atoms with Crippen molar-refractivity contribution in [2.75, 3.05) is 25.5 Å². The monoisotopic (exact) mass is 514 g/mol. The van der Waals surface area contributed by atoms with E-state index in [1.54, 1.807) is 13.1 Å². The summed E-state index contributed by atoms with van der Waals surface area (Å²) in [4.78, 5) is 21.1. The van der Waals surface area contributed by atoms with Crippen molar-refractivity contribution in [1.29, 1.82) is 0 Å². The van der Waals surface area contributed by atoms with Crippen molar-refractivity contribution < 1.29 is 4.74 Å². The van der Waals surface area contributed by atoms with E-state index in [0.29, 0.717) is 11.8 Å². The van der Waals surface area contributed by atoms with Gasteiger partial charge in [-0.2, -0.15) is 5.10 Å². The number of hydrogen-bond acceptors (Lipinski definition) is 8. The minimum Gasteiger partial charge on any atom is -0.473 e. The number of anilines is 1. The lowest BCUT2D eigenvalue weighted by molar-refractivity contribution is 0.123. The highest BCUT2D eigenvalue weighted by atomic mass is 16.5. The van der Waals surface area contributed by atoms with Crippen molar-refractivity contribution in [2.24, 2.45) is 7.05 Å². The van der Waals surface area contributed by atoms with Gasteiger partial charge in [0, 0.05) is 67.2 Å². The molecule has 0 unspecified atom stereocenters. The maximum atomic E-state index is 11.6. The Hall–Kier alpha value is -3.79. The van der Waals surface area contributed by atoms with Gasteiger partial charge in [-0.15, -0.1) is 5.10 Å². The van der Waals surface area contributed by atoms with Crippen LogP contribution in [0.3, 0.4) is 0 Å². The van der Waals surface area contributed by atoms with E-state index in [2.05, 4.69) is 43.6 Å². The van der Waals surface area contributed by atoms with Gasteiger partial charge in [0.1, 0.15) is 17.6 Å². The molecule has 198 valence electrons. The summed E-state index contributed by atoms with van der Waals surface area (Å²) >= 11 is 0. The van der Waals surface area contributed by atoms with Crippen molar-refractivity contribution in [3.63, 3.8) is 0 Å². The number of rotatable bonds is 6. The maximum absolute atomic E-state index is 11.6. The number of piperidine rings is 1. The van der Waals surface area contributed by atoms with Gasteiger partial charge < -0.3 is 15.4 Å². The molecule has 0 amide bonds. The standard InChI is InChI=1S/C28H34N8O2/c1-29-25-15-24-22(17-32-25)28(19-3-8-23(31-16-19)18-11-13-30-14-12-18)34-36(24)20-4-6-21(7-5-20)38-26-9-10-27(37)35(2)33-26/h3,8-10,15-18,20-21,30H,4-7,11-14H2,1-2H3,(H,29,32)/t20-,21+. The van der Waals surface area contributed by atoms with E-state index in [4.69, 9.17) is 14.8 Å². The Bertz CT molecular complexity index is 1460. The first-order valence-corrected chi connectivity index (χ1v) is 13.5. The van der Waals surface area contributed by atoms with Crippen LogP contribution in [0.1, 0.15) is 56.2 Å². The van der Waals surface area contributed by atoms with Crippen molar-refractivity contribution in [3.05, 3.63) is 58.8 Å². The first-order chi connectivity index (χ1) is 18.6. The average molecular weight is 515 g/mol. The summed E-state index contributed by atoms with van der Waals surface area (Å²) in [5, 5.41) is 17.0. The highest BCUT2D eigenvalue weighted by molar-refractivity contribution is 5.93. The number of pyridine rings is 2. The van der Waals surface area contributed by atoms with E-state index < -0.39 is 0 Å². The highest BCUT2D eigenvalue weighted by Crippen LogP contribution is 2.36. The molecule has 1 saturated carbocycles. The summed E-state index contributed by atoms with van der Waals surface area (Å²) < 4.78 is 9.58. The largest absolute Gasteiger partial charge is 0.473 e. The Labute approximate surface area is 221 Å². The number of aromatic nitrogens is 6. The predicted octanol–water partition coefficient (Wildman–Crippen LogP) is 3.66. The second-order valence-electron chi connectivity index (χ2n) is 10.3. The Kier molecular flexibility index (Phi) is 6.80. The summed E-state index contributed by atoms with van der Waals surface area (Å²) in [7, 11) is 3.52. The lowest BCUT2D eigenvalue weighted by Crippen LogP contribution is -2.27. The number of ether oxygens (including phenoxy) is 1. The maximum Gasteiger partial charge on any atom is 0.266 e. The fourth-order valence-corrected chi connectivity index (χ4v) is 5.69. The fraction of sp³-hybridized carbons (Fsp3) is 0.464. The van der Waals surface area contributed by atoms with E-state index in [-0.39, 0.29) is 17.7 Å². The van der Waals surface area contributed by atoms with Gasteiger partial charge in [-0.25, -0.2) is 9.67 Å². The molecule has 0 aromatic carbocycles. The van der Waals surface area contributed by atoms with Crippen LogP contribution in [0.4, 0.5) is 5.82 Å². The molecule has 6 rings (SSSR count). The van der Waals surface area contributed by atoms with Crippen LogP contribution in [0, 0.1) is 0 Å². The van der Waals surface area contributed by atoms with E-state index >= 15 is 0 Å². The number of nitrogens with one attached hydrogen (secondary N) is 2. The molecule has 2 fully saturated rings. The van der Waals surface area contributed by atoms with Crippen LogP contribution in [0.5, 0.6) is 5.88 Å². The molecule has 38 heavy (non-hydrogen) atoms. The minimum atomic E-state index is -0.144. The number of nitrogens with zero attached hydrogens (tertiary/aromatic N) is 6. The Morgan fingerprint density at radius 2 is 1.79 bits per heavy atom. The summed E-state index contributed by atoms with van der Waals surface area (Å²) in [5.74, 6) is 1.84. The molecule has 4 aromatic rings. The summed E-state index contributed by atoms with van der Waals surface area (Å²) in [6.07, 6.45) is 9.88. The molecule has 0 radical (unpaired) electrons. The topological polar surface area (TPSA) is 112 Å². The third-order valence-corrected chi connectivity index (χ3v) is 7.88. The average Bonchev–Trinajstić information content (AvgIpc) is 3.35. The molecular weight excluding hydrogens is 480 g/mol. The number of hydrogen-bond donors (Lipinski definition) is 2. The van der Waals surface area contributed by atoms with Gasteiger partial charge in [0.05, 0.1) is 11.6 Å². The summed E-state index contributed by atoms with van der Waals surface area (Å²) in [5.41, 5.74) is 4.04. The van der Waals surface area contributed by atoms with Crippen molar-refractivity contribution in [1.82, 2.24) is 34.8 Å². The van der Waals surface area contributed by atoms with Crippen LogP contribution >= 0.6 is 0 Å². The van der Waals surface area contributed by atoms with Crippen LogP contribution in [0.2, 0.25) is 0 Å². The van der Waals surface area contributed by atoms with Crippen molar-refractivity contribution in [3.8, 4) is 17.1 Å². The molecule has 0 atom stereocenters. The van der Waals surface area contributed by atoms with Gasteiger partial charge >= 0.3 is 0 Å². The van der Waals surface area contributed by atoms with E-state index in [1.807, 2.05) is 19.4 Å². The molecule has 2 N–H and O–H groups in total. The first-order valence-electron chi connectivity index (χ1n) is 13.5. The molecular formula is C28H34N8O2. The van der Waals surface area contributed by atoms with E-state index in [1.165, 1.54) is 16.4 Å². The predicted molar refractivity (Wildman–Crippen MR) is 147 cm³/mol. The normalized spacial score (nSPS) is 20.5. The zero-order valence-corrected chi connectivity index (χ0v) is 21.9. The Morgan fingerprint density at radius 1 is 0.974 bits per heavy atom. The first kappa shape index (κ1) is 24.5. The van der Waals surface area contributed by atoms with Gasteiger partial charge in [-0.05, 0) is 63.7 Å². The van der Waals surface area contributed by atoms with Crippen LogP contribution in [0.15, 0.2) is 47.5 Å². The number of aryl methyl sites for hydroxylation is 1. The van der Waals surface area contributed by atoms with Gasteiger partial charge in [0.25, 0.3) is 5.56 Å². The lowest BCUT2D eigenvalue weighted by atomic mass is 9.93. The number of fused-ring (bicyclic) bond motifs is 1. The molecule has 4 aromatic heterocycles. The second kappa shape index (κ2) is 10.5. The lowest BCUT2D eigenvalue weighted by Gasteiger charge is -2.29. The molecule has 0 spiro atoms. The third-order valence-electron chi connectivity index (χ3n) is 7.88. The van der Waals surface area contributed by atoms with Gasteiger partial charge in [-0.3, -0.25) is 14.5 Å². The molecule has 2 aliphatic rings. The Balaban J connectivity index is 1.24. The molecule has 1 aliphatic heterocycles. The SMILES string of the molecule is CNc1cc2c(cn1)c(-c1ccc(C3CCNCC3)nc1)nn2[C@H]1CC[C@@H](Oc2ccc(=O)n(C)n2)CC1. The summed E-state index contributed by atoms with van der Waals surface area (Å²) in [6, 6.07) is 9.81. The second-order valence-corrected chi connectivity index (χ2v) is 10.3. The molecule has 10 nitrogen and oxygen atoms in total. The smallest absolute Gasteiger partial charge is 0.266 e. The Morgan fingerprint density at radius 3 is 2.50 bits per heavy atom. The molecule has 1 saturated heterocycles. The zero-order valence-electron chi connectivity index (χ0n) is 21.9.